The van der Waals surface area contributed by atoms with Gasteiger partial charge >= 0.3 is 0 Å². The number of hydrogen-bond acceptors (Lipinski definition) is 2. The topological polar surface area (TPSA) is 39.2 Å². The summed E-state index contributed by atoms with van der Waals surface area (Å²) in [5, 5.41) is 0.768. The number of benzene rings is 2. The minimum Gasteiger partial charge on any atom is -0.456 e. The Kier molecular flexibility index (Phi) is 2.75. The third kappa shape index (κ3) is 2.08. The fourth-order valence-electron chi connectivity index (χ4n) is 2.22. The number of nitrogens with two attached hydrogens (primary N) is 1. The smallest absolute Gasteiger partial charge is 0.135 e. The first-order chi connectivity index (χ1) is 9.17. The molecule has 0 radical (unpaired) electrons. The Labute approximate surface area is 110 Å². The van der Waals surface area contributed by atoms with Gasteiger partial charge in [-0.05, 0) is 54.4 Å². The summed E-state index contributed by atoms with van der Waals surface area (Å²) < 4.78 is 18.9. The van der Waals surface area contributed by atoms with Gasteiger partial charge in [-0.3, -0.25) is 0 Å². The molecule has 0 aliphatic rings. The van der Waals surface area contributed by atoms with Crippen molar-refractivity contribution >= 4 is 16.7 Å². The summed E-state index contributed by atoms with van der Waals surface area (Å²) in [5.41, 5.74) is 9.41. The van der Waals surface area contributed by atoms with E-state index in [2.05, 4.69) is 6.92 Å². The number of anilines is 1. The summed E-state index contributed by atoms with van der Waals surface area (Å²) in [7, 11) is 0. The van der Waals surface area contributed by atoms with E-state index in [1.807, 2.05) is 24.3 Å². The van der Waals surface area contributed by atoms with Gasteiger partial charge in [0.15, 0.2) is 0 Å². The monoisotopic (exact) mass is 255 g/mol. The van der Waals surface area contributed by atoms with Crippen LogP contribution in [0.2, 0.25) is 0 Å². The van der Waals surface area contributed by atoms with Crippen LogP contribution in [0, 0.1) is 5.82 Å². The molecule has 1 aromatic heterocycles. The molecule has 3 rings (SSSR count). The van der Waals surface area contributed by atoms with E-state index in [1.54, 1.807) is 6.07 Å². The number of aryl methyl sites for hydroxylation is 1. The summed E-state index contributed by atoms with van der Waals surface area (Å²) in [4.78, 5) is 0. The second kappa shape index (κ2) is 4.43. The number of hydrogen-bond donors (Lipinski definition) is 1. The Hall–Kier alpha value is -2.29. The highest BCUT2D eigenvalue weighted by Gasteiger charge is 2.08. The van der Waals surface area contributed by atoms with Gasteiger partial charge in [0.1, 0.15) is 17.2 Å². The summed E-state index contributed by atoms with van der Waals surface area (Å²) in [6.45, 7) is 2.06. The molecule has 2 nitrogen and oxygen atoms in total. The Morgan fingerprint density at radius 1 is 1.11 bits per heavy atom. The van der Waals surface area contributed by atoms with Crippen LogP contribution >= 0.6 is 0 Å². The van der Waals surface area contributed by atoms with Crippen LogP contribution in [0.4, 0.5) is 10.1 Å². The largest absolute Gasteiger partial charge is 0.456 e. The molecule has 2 N–H and O–H groups in total. The highest BCUT2D eigenvalue weighted by molar-refractivity contribution is 5.83. The Morgan fingerprint density at radius 2 is 1.95 bits per heavy atom. The van der Waals surface area contributed by atoms with Crippen molar-refractivity contribution in [3.8, 4) is 11.3 Å². The Bertz CT molecular complexity index is 746. The molecule has 0 saturated heterocycles. The molecule has 0 aliphatic carbocycles. The van der Waals surface area contributed by atoms with Gasteiger partial charge in [0.25, 0.3) is 0 Å². The summed E-state index contributed by atoms with van der Waals surface area (Å²) in [6.07, 6.45) is 0.870. The molecular formula is C16H14FNO. The van der Waals surface area contributed by atoms with E-state index in [0.29, 0.717) is 5.58 Å². The van der Waals surface area contributed by atoms with Crippen LogP contribution in [0.25, 0.3) is 22.3 Å². The van der Waals surface area contributed by atoms with Crippen molar-refractivity contribution in [2.24, 2.45) is 0 Å². The fraction of sp³-hybridized carbons (Fsp3) is 0.125. The SMILES string of the molecule is CCc1cc(-c2cc3cc(F)ccc3o2)ccc1N. The van der Waals surface area contributed by atoms with Crippen LogP contribution in [0.5, 0.6) is 0 Å². The van der Waals surface area contributed by atoms with Crippen LogP contribution in [-0.4, -0.2) is 0 Å². The standard InChI is InChI=1S/C16H14FNO/c1-2-10-7-11(3-5-14(10)18)16-9-12-8-13(17)4-6-15(12)19-16/h3-9H,2,18H2,1H3. The van der Waals surface area contributed by atoms with Crippen molar-refractivity contribution in [1.82, 2.24) is 0 Å². The van der Waals surface area contributed by atoms with Crippen LogP contribution in [-0.2, 0) is 6.42 Å². The zero-order valence-electron chi connectivity index (χ0n) is 10.6. The van der Waals surface area contributed by atoms with Crippen molar-refractivity contribution in [2.75, 3.05) is 5.73 Å². The molecule has 96 valence electrons. The molecule has 2 aromatic carbocycles. The molecule has 0 fully saturated rings. The molecule has 0 unspecified atom stereocenters. The summed E-state index contributed by atoms with van der Waals surface area (Å²) >= 11 is 0. The molecule has 0 bridgehead atoms. The lowest BCUT2D eigenvalue weighted by Crippen LogP contribution is -1.92. The molecule has 0 aliphatic heterocycles. The number of furan rings is 1. The van der Waals surface area contributed by atoms with Gasteiger partial charge in [-0.2, -0.15) is 0 Å². The number of nitrogen functional groups attached to an aromatic ring is 1. The third-order valence-electron chi connectivity index (χ3n) is 3.29. The molecule has 0 spiro atoms. The predicted octanol–water partition coefficient (Wildman–Crippen LogP) is 4.38. The lowest BCUT2D eigenvalue weighted by molar-refractivity contribution is 0.619. The average molecular weight is 255 g/mol. The van der Waals surface area contributed by atoms with E-state index in [4.69, 9.17) is 10.2 Å². The van der Waals surface area contributed by atoms with Crippen LogP contribution in [0.3, 0.4) is 0 Å². The summed E-state index contributed by atoms with van der Waals surface area (Å²) in [5.74, 6) is 0.474. The molecule has 3 heteroatoms. The molecular weight excluding hydrogens is 241 g/mol. The minimum absolute atomic E-state index is 0.258. The highest BCUT2D eigenvalue weighted by Crippen LogP contribution is 2.30. The lowest BCUT2D eigenvalue weighted by atomic mass is 10.0. The second-order valence-corrected chi connectivity index (χ2v) is 4.56. The Morgan fingerprint density at radius 3 is 2.74 bits per heavy atom. The highest BCUT2D eigenvalue weighted by atomic mass is 19.1. The van der Waals surface area contributed by atoms with Gasteiger partial charge in [-0.1, -0.05) is 6.92 Å². The van der Waals surface area contributed by atoms with Crippen molar-refractivity contribution in [3.63, 3.8) is 0 Å². The van der Waals surface area contributed by atoms with E-state index in [-0.39, 0.29) is 5.82 Å². The first kappa shape index (κ1) is 11.8. The number of fused-ring (bicyclic) bond motifs is 1. The number of rotatable bonds is 2. The van der Waals surface area contributed by atoms with Gasteiger partial charge < -0.3 is 10.2 Å². The van der Waals surface area contributed by atoms with Gasteiger partial charge in [-0.25, -0.2) is 4.39 Å². The van der Waals surface area contributed by atoms with Crippen molar-refractivity contribution < 1.29 is 8.81 Å². The van der Waals surface area contributed by atoms with Gasteiger partial charge in [0.05, 0.1) is 0 Å². The average Bonchev–Trinajstić information content (AvgIpc) is 2.82. The fourth-order valence-corrected chi connectivity index (χ4v) is 2.22. The predicted molar refractivity (Wildman–Crippen MR) is 75.4 cm³/mol. The van der Waals surface area contributed by atoms with E-state index in [9.17, 15) is 4.39 Å². The summed E-state index contributed by atoms with van der Waals surface area (Å²) in [6, 6.07) is 12.2. The molecule has 0 atom stereocenters. The van der Waals surface area contributed by atoms with Crippen molar-refractivity contribution in [1.29, 1.82) is 0 Å². The van der Waals surface area contributed by atoms with Crippen LogP contribution < -0.4 is 5.73 Å². The molecule has 19 heavy (non-hydrogen) atoms. The van der Waals surface area contributed by atoms with Crippen molar-refractivity contribution in [2.45, 2.75) is 13.3 Å². The van der Waals surface area contributed by atoms with Gasteiger partial charge in [0, 0.05) is 16.6 Å². The molecule has 1 heterocycles. The van der Waals surface area contributed by atoms with E-state index in [1.165, 1.54) is 12.1 Å². The second-order valence-electron chi connectivity index (χ2n) is 4.56. The molecule has 0 saturated carbocycles. The first-order valence-electron chi connectivity index (χ1n) is 6.25. The zero-order chi connectivity index (χ0) is 13.4. The quantitative estimate of drug-likeness (QED) is 0.690. The maximum atomic E-state index is 13.2. The van der Waals surface area contributed by atoms with Crippen molar-refractivity contribution in [3.05, 3.63) is 53.8 Å². The maximum absolute atomic E-state index is 13.2. The minimum atomic E-state index is -0.258. The number of halogens is 1. The van der Waals surface area contributed by atoms with Gasteiger partial charge in [-0.15, -0.1) is 0 Å². The van der Waals surface area contributed by atoms with E-state index >= 15 is 0 Å². The first-order valence-corrected chi connectivity index (χ1v) is 6.25. The van der Waals surface area contributed by atoms with Crippen LogP contribution in [0.15, 0.2) is 46.9 Å². The van der Waals surface area contributed by atoms with E-state index in [0.717, 1.165) is 34.4 Å². The lowest BCUT2D eigenvalue weighted by Gasteiger charge is -2.04. The van der Waals surface area contributed by atoms with E-state index < -0.39 is 0 Å². The zero-order valence-corrected chi connectivity index (χ0v) is 10.6. The Balaban J connectivity index is 2.13. The normalized spacial score (nSPS) is 11.1. The van der Waals surface area contributed by atoms with Crippen LogP contribution in [0.1, 0.15) is 12.5 Å². The molecule has 0 amide bonds. The van der Waals surface area contributed by atoms with Gasteiger partial charge in [0.2, 0.25) is 0 Å². The maximum Gasteiger partial charge on any atom is 0.135 e. The molecule has 3 aromatic rings. The third-order valence-corrected chi connectivity index (χ3v) is 3.29.